The third-order valence-electron chi connectivity index (χ3n) is 4.60. The van der Waals surface area contributed by atoms with Crippen LogP contribution in [0.1, 0.15) is 47.5 Å². The fraction of sp³-hybridized carbons (Fsp3) is 0.824. The molecule has 0 aromatic heterocycles. The first kappa shape index (κ1) is 19.5. The van der Waals surface area contributed by atoms with Crippen LogP contribution in [0.15, 0.2) is 0 Å². The van der Waals surface area contributed by atoms with Gasteiger partial charge in [0, 0.05) is 24.9 Å². The second-order valence-corrected chi connectivity index (χ2v) is 6.20. The van der Waals surface area contributed by atoms with Crippen LogP contribution in [0.4, 0.5) is 0 Å². The largest absolute Gasteiger partial charge is 0.464 e. The van der Waals surface area contributed by atoms with Crippen LogP contribution in [-0.2, 0) is 19.1 Å². The standard InChI is InChI=1S/C17H30N2O4/c1-6-12(4)15(20)18-9-10-19(16(21)13(5)7-2)14(11-18)17(22)23-8-3/h12-14H,6-11H2,1-5H3/t12-,13-,14+/m1/s1. The molecule has 1 aliphatic rings. The molecule has 6 nitrogen and oxygen atoms in total. The van der Waals surface area contributed by atoms with Gasteiger partial charge in [0.25, 0.3) is 0 Å². The highest BCUT2D eigenvalue weighted by molar-refractivity contribution is 5.87. The van der Waals surface area contributed by atoms with Gasteiger partial charge in [0.05, 0.1) is 13.2 Å². The molecule has 0 aromatic carbocycles. The molecule has 0 N–H and O–H groups in total. The van der Waals surface area contributed by atoms with Crippen LogP contribution in [0.3, 0.4) is 0 Å². The third kappa shape index (κ3) is 4.69. The van der Waals surface area contributed by atoms with Crippen LogP contribution in [0.5, 0.6) is 0 Å². The molecule has 132 valence electrons. The number of hydrogen-bond donors (Lipinski definition) is 0. The summed E-state index contributed by atoms with van der Waals surface area (Å²) in [5.74, 6) is -0.636. The number of carbonyl (C=O) groups excluding carboxylic acids is 3. The van der Waals surface area contributed by atoms with Crippen molar-refractivity contribution in [3.8, 4) is 0 Å². The lowest BCUT2D eigenvalue weighted by molar-refractivity contribution is -0.162. The maximum atomic E-state index is 12.5. The van der Waals surface area contributed by atoms with Crippen LogP contribution in [0.25, 0.3) is 0 Å². The summed E-state index contributed by atoms with van der Waals surface area (Å²) in [6, 6.07) is -0.696. The van der Waals surface area contributed by atoms with E-state index in [1.807, 2.05) is 27.7 Å². The summed E-state index contributed by atoms with van der Waals surface area (Å²) in [5.41, 5.74) is 0. The number of ether oxygens (including phenoxy) is 1. The average molecular weight is 326 g/mol. The molecule has 1 heterocycles. The molecule has 1 rings (SSSR count). The predicted octanol–water partition coefficient (Wildman–Crippen LogP) is 1.68. The summed E-state index contributed by atoms with van der Waals surface area (Å²) >= 11 is 0. The molecule has 0 unspecified atom stereocenters. The first-order valence-electron chi connectivity index (χ1n) is 8.63. The van der Waals surface area contributed by atoms with Gasteiger partial charge >= 0.3 is 5.97 Å². The van der Waals surface area contributed by atoms with Crippen LogP contribution in [0.2, 0.25) is 0 Å². The number of rotatable bonds is 6. The van der Waals surface area contributed by atoms with Gasteiger partial charge < -0.3 is 14.5 Å². The number of carbonyl (C=O) groups is 3. The van der Waals surface area contributed by atoms with Crippen molar-refractivity contribution in [3.05, 3.63) is 0 Å². The minimum absolute atomic E-state index is 0.0393. The Morgan fingerprint density at radius 1 is 1.00 bits per heavy atom. The van der Waals surface area contributed by atoms with E-state index in [4.69, 9.17) is 4.74 Å². The van der Waals surface area contributed by atoms with Gasteiger partial charge in [-0.3, -0.25) is 9.59 Å². The zero-order chi connectivity index (χ0) is 17.6. The molecule has 1 saturated heterocycles. The lowest BCUT2D eigenvalue weighted by atomic mass is 10.0. The molecule has 2 amide bonds. The van der Waals surface area contributed by atoms with E-state index in [1.165, 1.54) is 0 Å². The monoisotopic (exact) mass is 326 g/mol. The zero-order valence-corrected chi connectivity index (χ0v) is 15.0. The Kier molecular flexibility index (Phi) is 7.52. The van der Waals surface area contributed by atoms with Crippen molar-refractivity contribution < 1.29 is 19.1 Å². The van der Waals surface area contributed by atoms with E-state index in [1.54, 1.807) is 16.7 Å². The summed E-state index contributed by atoms with van der Waals surface area (Å²) in [6.07, 6.45) is 1.48. The molecule has 0 bridgehead atoms. The second-order valence-electron chi connectivity index (χ2n) is 6.20. The van der Waals surface area contributed by atoms with Crippen LogP contribution in [-0.4, -0.2) is 59.9 Å². The molecule has 0 saturated carbocycles. The molecule has 6 heteroatoms. The summed E-state index contributed by atoms with van der Waals surface area (Å²) in [6.45, 7) is 10.8. The van der Waals surface area contributed by atoms with E-state index in [2.05, 4.69) is 0 Å². The quantitative estimate of drug-likeness (QED) is 0.697. The summed E-state index contributed by atoms with van der Waals surface area (Å²) in [7, 11) is 0. The van der Waals surface area contributed by atoms with Gasteiger partial charge in [0.1, 0.15) is 6.04 Å². The molecule has 0 aliphatic carbocycles. The second kappa shape index (κ2) is 8.89. The lowest BCUT2D eigenvalue weighted by Crippen LogP contribution is -2.61. The maximum absolute atomic E-state index is 12.5. The summed E-state index contributed by atoms with van der Waals surface area (Å²) in [5, 5.41) is 0. The Labute approximate surface area is 139 Å². The van der Waals surface area contributed by atoms with E-state index in [0.29, 0.717) is 13.1 Å². The SMILES string of the molecule is CCOC(=O)[C@@H]1CN(C(=O)[C@H](C)CC)CCN1C(=O)[C@H](C)CC. The number of amides is 2. The van der Waals surface area contributed by atoms with E-state index in [9.17, 15) is 14.4 Å². The first-order valence-corrected chi connectivity index (χ1v) is 8.63. The van der Waals surface area contributed by atoms with Gasteiger partial charge in [-0.1, -0.05) is 27.7 Å². The van der Waals surface area contributed by atoms with Gasteiger partial charge in [0.15, 0.2) is 0 Å². The Morgan fingerprint density at radius 3 is 2.09 bits per heavy atom. The van der Waals surface area contributed by atoms with Crippen molar-refractivity contribution >= 4 is 17.8 Å². The Hall–Kier alpha value is -1.59. The van der Waals surface area contributed by atoms with E-state index >= 15 is 0 Å². The van der Waals surface area contributed by atoms with E-state index in [-0.39, 0.29) is 36.8 Å². The topological polar surface area (TPSA) is 66.9 Å². The molecule has 0 spiro atoms. The zero-order valence-electron chi connectivity index (χ0n) is 15.0. The van der Waals surface area contributed by atoms with Gasteiger partial charge in [-0.25, -0.2) is 4.79 Å². The minimum atomic E-state index is -0.696. The maximum Gasteiger partial charge on any atom is 0.330 e. The Balaban J connectivity index is 2.92. The van der Waals surface area contributed by atoms with E-state index < -0.39 is 12.0 Å². The van der Waals surface area contributed by atoms with Crippen LogP contribution >= 0.6 is 0 Å². The summed E-state index contributed by atoms with van der Waals surface area (Å²) < 4.78 is 5.12. The van der Waals surface area contributed by atoms with Gasteiger partial charge in [-0.2, -0.15) is 0 Å². The molecular formula is C17H30N2O4. The Bertz CT molecular complexity index is 438. The van der Waals surface area contributed by atoms with Gasteiger partial charge in [-0.05, 0) is 19.8 Å². The average Bonchev–Trinajstić information content (AvgIpc) is 2.58. The minimum Gasteiger partial charge on any atom is -0.464 e. The van der Waals surface area contributed by atoms with Crippen molar-refractivity contribution in [2.45, 2.75) is 53.5 Å². The van der Waals surface area contributed by atoms with Gasteiger partial charge in [-0.15, -0.1) is 0 Å². The number of hydrogen-bond acceptors (Lipinski definition) is 4. The van der Waals surface area contributed by atoms with Crippen LogP contribution in [0, 0.1) is 11.8 Å². The van der Waals surface area contributed by atoms with Crippen molar-refractivity contribution in [1.82, 2.24) is 9.80 Å². The number of piperazine rings is 1. The highest BCUT2D eigenvalue weighted by Crippen LogP contribution is 2.19. The Morgan fingerprint density at radius 2 is 1.57 bits per heavy atom. The van der Waals surface area contributed by atoms with Crippen molar-refractivity contribution in [2.24, 2.45) is 11.8 Å². The molecule has 1 fully saturated rings. The van der Waals surface area contributed by atoms with Crippen molar-refractivity contribution in [1.29, 1.82) is 0 Å². The fourth-order valence-corrected chi connectivity index (χ4v) is 2.63. The highest BCUT2D eigenvalue weighted by Gasteiger charge is 2.39. The molecule has 23 heavy (non-hydrogen) atoms. The fourth-order valence-electron chi connectivity index (χ4n) is 2.63. The third-order valence-corrected chi connectivity index (χ3v) is 4.60. The molecule has 0 radical (unpaired) electrons. The van der Waals surface area contributed by atoms with Gasteiger partial charge in [0.2, 0.25) is 11.8 Å². The number of nitrogens with zero attached hydrogens (tertiary/aromatic N) is 2. The smallest absolute Gasteiger partial charge is 0.330 e. The predicted molar refractivity (Wildman–Crippen MR) is 87.6 cm³/mol. The molecule has 3 atom stereocenters. The van der Waals surface area contributed by atoms with Crippen molar-refractivity contribution in [2.75, 3.05) is 26.2 Å². The lowest BCUT2D eigenvalue weighted by Gasteiger charge is -2.41. The van der Waals surface area contributed by atoms with Crippen molar-refractivity contribution in [3.63, 3.8) is 0 Å². The highest BCUT2D eigenvalue weighted by atomic mass is 16.5. The normalized spacial score (nSPS) is 20.8. The number of esters is 1. The molecular weight excluding hydrogens is 296 g/mol. The molecule has 0 aromatic rings. The molecule has 1 aliphatic heterocycles. The van der Waals surface area contributed by atoms with E-state index in [0.717, 1.165) is 12.8 Å². The first-order chi connectivity index (χ1) is 10.9. The van der Waals surface area contributed by atoms with Crippen LogP contribution < -0.4 is 0 Å². The summed E-state index contributed by atoms with van der Waals surface area (Å²) in [4.78, 5) is 40.5.